The quantitative estimate of drug-likeness (QED) is 0.206. The molecular weight excluding hydrogens is 432 g/mol. The Morgan fingerprint density at radius 1 is 1.12 bits per heavy atom. The fourth-order valence-corrected chi connectivity index (χ4v) is 5.83. The highest BCUT2D eigenvalue weighted by Crippen LogP contribution is 2.45. The minimum atomic E-state index is -3.54. The molecule has 1 saturated carbocycles. The van der Waals surface area contributed by atoms with Crippen molar-refractivity contribution in [2.24, 2.45) is 11.8 Å². The van der Waals surface area contributed by atoms with Crippen LogP contribution in [0.5, 0.6) is 0 Å². The van der Waals surface area contributed by atoms with Gasteiger partial charge in [-0.3, -0.25) is 19.6 Å². The van der Waals surface area contributed by atoms with Crippen molar-refractivity contribution < 1.29 is 23.2 Å². The number of benzene rings is 1. The maximum Gasteiger partial charge on any atom is 0.303 e. The molecule has 1 fully saturated rings. The van der Waals surface area contributed by atoms with Crippen molar-refractivity contribution in [1.82, 2.24) is 4.72 Å². The van der Waals surface area contributed by atoms with Gasteiger partial charge in [-0.25, -0.2) is 8.42 Å². The number of fused-ring (bicyclic) bond motifs is 2. The molecule has 8 nitrogen and oxygen atoms in total. The van der Waals surface area contributed by atoms with E-state index >= 15 is 0 Å². The molecule has 0 radical (unpaired) electrons. The lowest BCUT2D eigenvalue weighted by atomic mass is 9.69. The number of carboxylic acids is 1. The van der Waals surface area contributed by atoms with Gasteiger partial charge in [-0.2, -0.15) is 0 Å². The standard InChI is InChI=1S/C23H30N2O6S/c26-22(27)6-4-2-1-3-5-21-18-9-11-19(12-10-18)23(21)24-32(30,31)16-15-17-7-13-20(14-8-17)25(28)29/h1,3,7-8,13-14,18-19,24H,2,4-6,9-12,15-16H2,(H,26,27). The van der Waals surface area contributed by atoms with E-state index < -0.39 is 20.9 Å². The van der Waals surface area contributed by atoms with Gasteiger partial charge in [0.15, 0.2) is 0 Å². The molecule has 3 aliphatic rings. The normalized spacial score (nSPS) is 20.6. The van der Waals surface area contributed by atoms with Gasteiger partial charge in [0.05, 0.1) is 10.7 Å². The predicted molar refractivity (Wildman–Crippen MR) is 121 cm³/mol. The Balaban J connectivity index is 1.63. The molecule has 1 aromatic carbocycles. The fraction of sp³-hybridized carbons (Fsp3) is 0.522. The summed E-state index contributed by atoms with van der Waals surface area (Å²) in [5.74, 6) is -0.235. The second-order valence-electron chi connectivity index (χ2n) is 8.54. The van der Waals surface area contributed by atoms with Crippen molar-refractivity contribution in [1.29, 1.82) is 0 Å². The van der Waals surface area contributed by atoms with Gasteiger partial charge in [0, 0.05) is 24.3 Å². The molecule has 174 valence electrons. The average molecular weight is 463 g/mol. The molecular formula is C23H30N2O6S. The molecule has 0 spiro atoms. The van der Waals surface area contributed by atoms with E-state index in [1.807, 2.05) is 12.2 Å². The lowest BCUT2D eigenvalue weighted by Gasteiger charge is -2.40. The summed E-state index contributed by atoms with van der Waals surface area (Å²) >= 11 is 0. The molecule has 2 N–H and O–H groups in total. The molecule has 0 unspecified atom stereocenters. The maximum atomic E-state index is 12.8. The second-order valence-corrected chi connectivity index (χ2v) is 10.4. The number of unbranched alkanes of at least 4 members (excludes halogenated alkanes) is 1. The lowest BCUT2D eigenvalue weighted by Crippen LogP contribution is -2.37. The number of allylic oxidation sites excluding steroid dienone is 4. The third kappa shape index (κ3) is 6.66. The summed E-state index contributed by atoms with van der Waals surface area (Å²) in [5.41, 5.74) is 2.75. The zero-order valence-electron chi connectivity index (χ0n) is 18.0. The van der Waals surface area contributed by atoms with Gasteiger partial charge in [-0.15, -0.1) is 0 Å². The van der Waals surface area contributed by atoms with Crippen LogP contribution < -0.4 is 4.72 Å². The van der Waals surface area contributed by atoms with Gasteiger partial charge in [0.2, 0.25) is 10.0 Å². The summed E-state index contributed by atoms with van der Waals surface area (Å²) in [5, 5.41) is 19.5. The number of aliphatic carboxylic acids is 1. The number of nitro benzene ring substituents is 1. The zero-order chi connectivity index (χ0) is 23.1. The number of carbonyl (C=O) groups is 1. The number of non-ortho nitro benzene ring substituents is 1. The van der Waals surface area contributed by atoms with Gasteiger partial charge in [-0.1, -0.05) is 24.3 Å². The molecule has 32 heavy (non-hydrogen) atoms. The van der Waals surface area contributed by atoms with Crippen LogP contribution in [0.25, 0.3) is 0 Å². The summed E-state index contributed by atoms with van der Waals surface area (Å²) in [6.07, 6.45) is 10.6. The van der Waals surface area contributed by atoms with Crippen molar-refractivity contribution >= 4 is 21.7 Å². The number of nitro groups is 1. The van der Waals surface area contributed by atoms with Crippen molar-refractivity contribution in [2.75, 3.05) is 5.75 Å². The molecule has 3 aliphatic carbocycles. The topological polar surface area (TPSA) is 127 Å². The van der Waals surface area contributed by atoms with Crippen LogP contribution in [0.1, 0.15) is 56.9 Å². The van der Waals surface area contributed by atoms with E-state index in [0.29, 0.717) is 25.2 Å². The van der Waals surface area contributed by atoms with E-state index in [1.165, 1.54) is 17.7 Å². The lowest BCUT2D eigenvalue weighted by molar-refractivity contribution is -0.384. The van der Waals surface area contributed by atoms with Crippen molar-refractivity contribution in [2.45, 2.75) is 57.8 Å². The minimum absolute atomic E-state index is 0.0150. The third-order valence-corrected chi connectivity index (χ3v) is 7.58. The van der Waals surface area contributed by atoms with Crippen LogP contribution in [0.3, 0.4) is 0 Å². The van der Waals surface area contributed by atoms with Crippen LogP contribution in [-0.2, 0) is 21.2 Å². The highest BCUT2D eigenvalue weighted by atomic mass is 32.2. The second kappa shape index (κ2) is 10.8. The first-order valence-corrected chi connectivity index (χ1v) is 12.7. The Morgan fingerprint density at radius 2 is 1.78 bits per heavy atom. The van der Waals surface area contributed by atoms with E-state index in [2.05, 4.69) is 4.72 Å². The first-order valence-electron chi connectivity index (χ1n) is 11.1. The van der Waals surface area contributed by atoms with Gasteiger partial charge < -0.3 is 5.11 Å². The zero-order valence-corrected chi connectivity index (χ0v) is 18.9. The smallest absolute Gasteiger partial charge is 0.303 e. The molecule has 0 aromatic heterocycles. The van der Waals surface area contributed by atoms with Crippen molar-refractivity contribution in [3.63, 3.8) is 0 Å². The van der Waals surface area contributed by atoms with Crippen LogP contribution in [0.4, 0.5) is 5.69 Å². The molecule has 0 saturated heterocycles. The Bertz CT molecular complexity index is 990. The summed E-state index contributed by atoms with van der Waals surface area (Å²) < 4.78 is 28.5. The van der Waals surface area contributed by atoms with Crippen LogP contribution in [0.2, 0.25) is 0 Å². The Hall–Kier alpha value is -2.68. The Kier molecular flexibility index (Phi) is 8.06. The SMILES string of the molecule is O=C(O)CCCC=CCC1=C(NS(=O)(=O)CCc2ccc([N+](=O)[O-])cc2)C2CCC1CC2. The molecule has 2 bridgehead atoms. The highest BCUT2D eigenvalue weighted by molar-refractivity contribution is 7.89. The largest absolute Gasteiger partial charge is 0.481 e. The predicted octanol–water partition coefficient (Wildman–Crippen LogP) is 4.33. The van der Waals surface area contributed by atoms with Gasteiger partial charge in [0.25, 0.3) is 5.69 Å². The summed E-state index contributed by atoms with van der Waals surface area (Å²) in [7, 11) is -3.54. The number of sulfonamides is 1. The van der Waals surface area contributed by atoms with E-state index in [9.17, 15) is 23.3 Å². The van der Waals surface area contributed by atoms with E-state index in [4.69, 9.17) is 5.11 Å². The first-order chi connectivity index (χ1) is 15.2. The van der Waals surface area contributed by atoms with Gasteiger partial charge in [0.1, 0.15) is 0 Å². The van der Waals surface area contributed by atoms with Crippen LogP contribution in [-0.4, -0.2) is 30.2 Å². The van der Waals surface area contributed by atoms with Crippen LogP contribution in [0.15, 0.2) is 47.7 Å². The van der Waals surface area contributed by atoms with Crippen LogP contribution >= 0.6 is 0 Å². The van der Waals surface area contributed by atoms with E-state index in [0.717, 1.165) is 36.9 Å². The Labute approximate surface area is 188 Å². The summed E-state index contributed by atoms with van der Waals surface area (Å²) in [6, 6.07) is 5.96. The molecule has 9 heteroatoms. The van der Waals surface area contributed by atoms with Gasteiger partial charge in [-0.05, 0) is 74.3 Å². The average Bonchev–Trinajstić information content (AvgIpc) is 2.76. The van der Waals surface area contributed by atoms with Crippen molar-refractivity contribution in [3.8, 4) is 0 Å². The number of carboxylic acid groups (broad SMARTS) is 1. The first kappa shape index (κ1) is 24.0. The molecule has 1 aromatic rings. The summed E-state index contributed by atoms with van der Waals surface area (Å²) in [6.45, 7) is 0. The summed E-state index contributed by atoms with van der Waals surface area (Å²) in [4.78, 5) is 20.9. The minimum Gasteiger partial charge on any atom is -0.481 e. The number of aryl methyl sites for hydroxylation is 1. The third-order valence-electron chi connectivity index (χ3n) is 6.31. The number of nitrogens with zero attached hydrogens (tertiary/aromatic N) is 1. The Morgan fingerprint density at radius 3 is 2.41 bits per heavy atom. The van der Waals surface area contributed by atoms with Crippen LogP contribution in [0, 0.1) is 22.0 Å². The number of rotatable bonds is 12. The molecule has 0 aliphatic heterocycles. The fourth-order valence-electron chi connectivity index (χ4n) is 4.59. The van der Waals surface area contributed by atoms with Gasteiger partial charge >= 0.3 is 5.97 Å². The van der Waals surface area contributed by atoms with Crippen molar-refractivity contribution in [3.05, 3.63) is 63.4 Å². The molecule has 0 heterocycles. The number of nitrogens with one attached hydrogen (secondary N) is 1. The number of hydrogen-bond acceptors (Lipinski definition) is 5. The maximum absolute atomic E-state index is 12.8. The highest BCUT2D eigenvalue weighted by Gasteiger charge is 2.36. The number of hydrogen-bond donors (Lipinski definition) is 2. The van der Waals surface area contributed by atoms with E-state index in [-0.39, 0.29) is 30.2 Å². The monoisotopic (exact) mass is 462 g/mol. The molecule has 4 rings (SSSR count). The van der Waals surface area contributed by atoms with E-state index in [1.54, 1.807) is 12.1 Å². The molecule has 0 amide bonds. The molecule has 0 atom stereocenters.